The maximum Gasteiger partial charge on any atom is 0.120 e. The lowest BCUT2D eigenvalue weighted by Gasteiger charge is -2.48. The van der Waals surface area contributed by atoms with Crippen molar-refractivity contribution in [2.24, 2.45) is 0 Å². The quantitative estimate of drug-likeness (QED) is 0.892. The van der Waals surface area contributed by atoms with Gasteiger partial charge in [0.25, 0.3) is 0 Å². The SMILES string of the molecule is Cc1ccc(O)c2c1C(C)CC2NCC1(N(C)C)CCC1. The number of rotatable bonds is 4. The Hall–Kier alpha value is -1.06. The number of aromatic hydroxyl groups is 1. The third-order valence-electron chi connectivity index (χ3n) is 5.82. The van der Waals surface area contributed by atoms with Gasteiger partial charge in [-0.25, -0.2) is 0 Å². The van der Waals surface area contributed by atoms with Crippen LogP contribution in [0.2, 0.25) is 0 Å². The van der Waals surface area contributed by atoms with E-state index in [2.05, 4.69) is 38.2 Å². The van der Waals surface area contributed by atoms with Gasteiger partial charge >= 0.3 is 0 Å². The summed E-state index contributed by atoms with van der Waals surface area (Å²) in [5, 5.41) is 14.1. The molecule has 1 saturated carbocycles. The highest BCUT2D eigenvalue weighted by molar-refractivity contribution is 5.50. The Morgan fingerprint density at radius 3 is 2.57 bits per heavy atom. The molecule has 0 aromatic heterocycles. The topological polar surface area (TPSA) is 35.5 Å². The molecule has 2 unspecified atom stereocenters. The minimum Gasteiger partial charge on any atom is -0.508 e. The van der Waals surface area contributed by atoms with Gasteiger partial charge < -0.3 is 15.3 Å². The standard InChI is InChI=1S/C18H28N2O/c1-12-6-7-15(21)17-14(10-13(2)16(12)17)19-11-18(20(3)4)8-5-9-18/h6-7,13-14,19,21H,5,8-11H2,1-4H3. The largest absolute Gasteiger partial charge is 0.508 e. The molecule has 1 aromatic carbocycles. The Bertz CT molecular complexity index is 534. The van der Waals surface area contributed by atoms with E-state index in [1.807, 2.05) is 12.1 Å². The second-order valence-corrected chi connectivity index (χ2v) is 7.27. The van der Waals surface area contributed by atoms with E-state index in [-0.39, 0.29) is 0 Å². The van der Waals surface area contributed by atoms with Gasteiger partial charge in [-0.05, 0) is 69.8 Å². The molecular formula is C18H28N2O. The molecule has 0 radical (unpaired) electrons. The number of aryl methyl sites for hydroxylation is 1. The fraction of sp³-hybridized carbons (Fsp3) is 0.667. The molecule has 2 N–H and O–H groups in total. The highest BCUT2D eigenvalue weighted by atomic mass is 16.3. The van der Waals surface area contributed by atoms with E-state index < -0.39 is 0 Å². The number of benzene rings is 1. The summed E-state index contributed by atoms with van der Waals surface area (Å²) in [4.78, 5) is 2.37. The van der Waals surface area contributed by atoms with Gasteiger partial charge in [-0.2, -0.15) is 0 Å². The fourth-order valence-electron chi connectivity index (χ4n) is 4.21. The summed E-state index contributed by atoms with van der Waals surface area (Å²) in [6.07, 6.45) is 4.99. The van der Waals surface area contributed by atoms with Crippen molar-refractivity contribution in [3.05, 3.63) is 28.8 Å². The Morgan fingerprint density at radius 1 is 1.29 bits per heavy atom. The summed E-state index contributed by atoms with van der Waals surface area (Å²) < 4.78 is 0. The number of nitrogens with one attached hydrogen (secondary N) is 1. The van der Waals surface area contributed by atoms with Gasteiger partial charge in [0.05, 0.1) is 0 Å². The number of hydrogen-bond acceptors (Lipinski definition) is 3. The van der Waals surface area contributed by atoms with E-state index in [0.29, 0.717) is 23.2 Å². The molecule has 1 aromatic rings. The molecule has 2 aliphatic carbocycles. The first kappa shape index (κ1) is 14.9. The van der Waals surface area contributed by atoms with Crippen molar-refractivity contribution in [3.8, 4) is 5.75 Å². The molecule has 0 aliphatic heterocycles. The van der Waals surface area contributed by atoms with Crippen LogP contribution in [0.15, 0.2) is 12.1 Å². The van der Waals surface area contributed by atoms with Crippen LogP contribution in [0.25, 0.3) is 0 Å². The van der Waals surface area contributed by atoms with Crippen molar-refractivity contribution in [3.63, 3.8) is 0 Å². The van der Waals surface area contributed by atoms with E-state index in [9.17, 15) is 5.11 Å². The lowest BCUT2D eigenvalue weighted by molar-refractivity contribution is 0.0569. The first-order valence-electron chi connectivity index (χ1n) is 8.18. The smallest absolute Gasteiger partial charge is 0.120 e. The molecular weight excluding hydrogens is 260 g/mol. The minimum atomic E-state index is 0.298. The molecule has 0 heterocycles. The molecule has 2 atom stereocenters. The van der Waals surface area contributed by atoms with E-state index >= 15 is 0 Å². The highest BCUT2D eigenvalue weighted by Gasteiger charge is 2.40. The Labute approximate surface area is 128 Å². The number of fused-ring (bicyclic) bond motifs is 1. The normalized spacial score (nSPS) is 26.7. The molecule has 0 saturated heterocycles. The summed E-state index contributed by atoms with van der Waals surface area (Å²) in [7, 11) is 4.38. The van der Waals surface area contributed by atoms with Crippen LogP contribution in [-0.2, 0) is 0 Å². The molecule has 3 rings (SSSR count). The van der Waals surface area contributed by atoms with Gasteiger partial charge in [-0.15, -0.1) is 0 Å². The molecule has 0 bridgehead atoms. The zero-order chi connectivity index (χ0) is 15.2. The fourth-order valence-corrected chi connectivity index (χ4v) is 4.21. The van der Waals surface area contributed by atoms with Crippen molar-refractivity contribution in [2.45, 2.75) is 57.0 Å². The summed E-state index contributed by atoms with van der Waals surface area (Å²) in [6, 6.07) is 4.19. The Balaban J connectivity index is 1.79. The molecule has 0 amide bonds. The van der Waals surface area contributed by atoms with E-state index in [4.69, 9.17) is 0 Å². The predicted octanol–water partition coefficient (Wildman–Crippen LogP) is 3.32. The summed E-state index contributed by atoms with van der Waals surface area (Å²) in [5.74, 6) is 0.992. The highest BCUT2D eigenvalue weighted by Crippen LogP contribution is 2.46. The number of phenols is 1. The van der Waals surface area contributed by atoms with Crippen LogP contribution in [-0.4, -0.2) is 36.2 Å². The number of nitrogens with zero attached hydrogens (tertiary/aromatic N) is 1. The average molecular weight is 288 g/mol. The third kappa shape index (κ3) is 2.36. The van der Waals surface area contributed by atoms with Gasteiger partial charge in [-0.1, -0.05) is 13.0 Å². The maximum absolute atomic E-state index is 10.3. The Morgan fingerprint density at radius 2 is 2.00 bits per heavy atom. The molecule has 3 nitrogen and oxygen atoms in total. The van der Waals surface area contributed by atoms with Crippen LogP contribution in [0.5, 0.6) is 5.75 Å². The average Bonchev–Trinajstić information content (AvgIpc) is 2.71. The second-order valence-electron chi connectivity index (χ2n) is 7.27. The lowest BCUT2D eigenvalue weighted by Crippen LogP contribution is -2.56. The van der Waals surface area contributed by atoms with E-state index in [0.717, 1.165) is 18.5 Å². The van der Waals surface area contributed by atoms with Crippen LogP contribution in [0.4, 0.5) is 0 Å². The monoisotopic (exact) mass is 288 g/mol. The molecule has 21 heavy (non-hydrogen) atoms. The third-order valence-corrected chi connectivity index (χ3v) is 5.82. The molecule has 3 heteroatoms. The number of phenolic OH excluding ortho intramolecular Hbond substituents is 1. The van der Waals surface area contributed by atoms with Crippen molar-refractivity contribution in [1.29, 1.82) is 0 Å². The minimum absolute atomic E-state index is 0.298. The van der Waals surface area contributed by atoms with Crippen LogP contribution in [0, 0.1) is 6.92 Å². The first-order valence-corrected chi connectivity index (χ1v) is 8.18. The number of hydrogen-bond donors (Lipinski definition) is 2. The van der Waals surface area contributed by atoms with E-state index in [1.54, 1.807) is 0 Å². The van der Waals surface area contributed by atoms with Crippen molar-refractivity contribution in [1.82, 2.24) is 10.2 Å². The van der Waals surface area contributed by atoms with Gasteiger partial charge in [0, 0.05) is 23.7 Å². The van der Waals surface area contributed by atoms with Crippen LogP contribution < -0.4 is 5.32 Å². The summed E-state index contributed by atoms with van der Waals surface area (Å²) in [6.45, 7) is 5.45. The van der Waals surface area contributed by atoms with E-state index in [1.165, 1.54) is 30.4 Å². The lowest BCUT2D eigenvalue weighted by atomic mass is 9.75. The van der Waals surface area contributed by atoms with Crippen LogP contribution >= 0.6 is 0 Å². The second kappa shape index (κ2) is 5.29. The predicted molar refractivity (Wildman–Crippen MR) is 86.9 cm³/mol. The van der Waals surface area contributed by atoms with Gasteiger partial charge in [0.1, 0.15) is 5.75 Å². The van der Waals surface area contributed by atoms with Gasteiger partial charge in [-0.3, -0.25) is 0 Å². The summed E-state index contributed by atoms with van der Waals surface area (Å²) >= 11 is 0. The van der Waals surface area contributed by atoms with Crippen LogP contribution in [0.1, 0.15) is 61.3 Å². The van der Waals surface area contributed by atoms with Gasteiger partial charge in [0.15, 0.2) is 0 Å². The van der Waals surface area contributed by atoms with Crippen molar-refractivity contribution < 1.29 is 5.11 Å². The zero-order valence-corrected chi connectivity index (χ0v) is 13.7. The van der Waals surface area contributed by atoms with Gasteiger partial charge in [0.2, 0.25) is 0 Å². The first-order chi connectivity index (χ1) is 9.94. The molecule has 116 valence electrons. The molecule has 0 spiro atoms. The van der Waals surface area contributed by atoms with Crippen LogP contribution in [0.3, 0.4) is 0 Å². The number of likely N-dealkylation sites (N-methyl/N-ethyl adjacent to an activating group) is 1. The molecule has 2 aliphatic rings. The van der Waals surface area contributed by atoms with Crippen molar-refractivity contribution >= 4 is 0 Å². The molecule has 1 fully saturated rings. The van der Waals surface area contributed by atoms with Crippen molar-refractivity contribution in [2.75, 3.05) is 20.6 Å². The summed E-state index contributed by atoms with van der Waals surface area (Å²) in [5.41, 5.74) is 4.15. The Kier molecular flexibility index (Phi) is 3.74. The zero-order valence-electron chi connectivity index (χ0n) is 13.7. The maximum atomic E-state index is 10.3.